The number of amides is 2. The Bertz CT molecular complexity index is 1110. The van der Waals surface area contributed by atoms with Crippen molar-refractivity contribution in [2.75, 3.05) is 28.6 Å². The van der Waals surface area contributed by atoms with Gasteiger partial charge in [0.25, 0.3) is 5.56 Å². The molecule has 3 N–H and O–H groups in total. The SMILES string of the molecule is C[C@@H]1CCCN(c2nc3c(c(=O)[nH]2)[C@H](C(=O)Nc2cccc(C(F)(F)F)c2)CC(=O)N3)C1. The van der Waals surface area contributed by atoms with Gasteiger partial charge in [0.2, 0.25) is 17.8 Å². The van der Waals surface area contributed by atoms with Crippen LogP contribution in [0.15, 0.2) is 29.1 Å². The van der Waals surface area contributed by atoms with Crippen molar-refractivity contribution in [1.29, 1.82) is 0 Å². The average Bonchev–Trinajstić information content (AvgIpc) is 2.72. The van der Waals surface area contributed by atoms with Crippen LogP contribution in [0.2, 0.25) is 0 Å². The van der Waals surface area contributed by atoms with Gasteiger partial charge in [0.05, 0.1) is 17.0 Å². The lowest BCUT2D eigenvalue weighted by atomic mass is 9.92. The first-order valence-electron chi connectivity index (χ1n) is 10.3. The van der Waals surface area contributed by atoms with E-state index in [1.54, 1.807) is 0 Å². The van der Waals surface area contributed by atoms with Crippen LogP contribution >= 0.6 is 0 Å². The van der Waals surface area contributed by atoms with Gasteiger partial charge in [-0.15, -0.1) is 0 Å². The Balaban J connectivity index is 1.62. The van der Waals surface area contributed by atoms with Crippen molar-refractivity contribution >= 4 is 29.3 Å². The van der Waals surface area contributed by atoms with Gasteiger partial charge in [-0.1, -0.05) is 13.0 Å². The number of nitrogens with one attached hydrogen (secondary N) is 3. The molecule has 0 unspecified atom stereocenters. The molecule has 2 atom stereocenters. The fourth-order valence-corrected chi connectivity index (χ4v) is 4.12. The Morgan fingerprint density at radius 2 is 2.06 bits per heavy atom. The number of anilines is 3. The van der Waals surface area contributed by atoms with E-state index in [4.69, 9.17) is 0 Å². The number of halogens is 3. The van der Waals surface area contributed by atoms with E-state index in [9.17, 15) is 27.6 Å². The van der Waals surface area contributed by atoms with Gasteiger partial charge in [0.15, 0.2) is 0 Å². The molecule has 2 aliphatic heterocycles. The molecule has 0 spiro atoms. The number of aromatic nitrogens is 2. The highest BCUT2D eigenvalue weighted by molar-refractivity contribution is 6.04. The standard InChI is InChI=1S/C21H22F3N5O3/c1-11-4-3-7-29(10-11)20-27-17-16(19(32)28-20)14(9-15(30)26-17)18(31)25-13-6-2-5-12(8-13)21(22,23)24/h2,5-6,8,11,14H,3-4,7,9-10H2,1H3,(H,25,31)(H2,26,27,28,30,32)/t11-,14-/m1/s1. The second-order valence-corrected chi connectivity index (χ2v) is 8.22. The second kappa shape index (κ2) is 8.29. The van der Waals surface area contributed by atoms with Crippen molar-refractivity contribution in [3.63, 3.8) is 0 Å². The molecule has 2 aromatic rings. The van der Waals surface area contributed by atoms with E-state index in [1.165, 1.54) is 12.1 Å². The number of carbonyl (C=O) groups is 2. The zero-order valence-corrected chi connectivity index (χ0v) is 17.3. The summed E-state index contributed by atoms with van der Waals surface area (Å²) in [5, 5.41) is 4.93. The lowest BCUT2D eigenvalue weighted by Crippen LogP contribution is -2.40. The van der Waals surface area contributed by atoms with Crippen LogP contribution in [0.1, 0.15) is 43.2 Å². The fraction of sp³-hybridized carbons (Fsp3) is 0.429. The number of rotatable bonds is 3. The highest BCUT2D eigenvalue weighted by atomic mass is 19.4. The Morgan fingerprint density at radius 1 is 1.28 bits per heavy atom. The number of hydrogen-bond acceptors (Lipinski definition) is 5. The Hall–Kier alpha value is -3.37. The van der Waals surface area contributed by atoms with Gasteiger partial charge < -0.3 is 15.5 Å². The molecule has 1 fully saturated rings. The molecule has 0 radical (unpaired) electrons. The molecule has 0 bridgehead atoms. The molecule has 170 valence electrons. The van der Waals surface area contributed by atoms with Crippen molar-refractivity contribution in [1.82, 2.24) is 9.97 Å². The zero-order valence-electron chi connectivity index (χ0n) is 17.3. The number of aromatic amines is 1. The monoisotopic (exact) mass is 449 g/mol. The van der Waals surface area contributed by atoms with Crippen LogP contribution in [0.3, 0.4) is 0 Å². The van der Waals surface area contributed by atoms with Crippen molar-refractivity contribution in [3.8, 4) is 0 Å². The summed E-state index contributed by atoms with van der Waals surface area (Å²) in [5.74, 6) is -1.70. The van der Waals surface area contributed by atoms with Gasteiger partial charge in [0, 0.05) is 25.2 Å². The zero-order chi connectivity index (χ0) is 23.0. The molecule has 0 saturated carbocycles. The van der Waals surface area contributed by atoms with Crippen molar-refractivity contribution in [2.45, 2.75) is 38.3 Å². The number of nitrogens with zero attached hydrogens (tertiary/aromatic N) is 2. The molecule has 11 heteroatoms. The van der Waals surface area contributed by atoms with E-state index in [2.05, 4.69) is 27.5 Å². The maximum absolute atomic E-state index is 13.0. The molecular weight excluding hydrogens is 427 g/mol. The third-order valence-electron chi connectivity index (χ3n) is 5.67. The van der Waals surface area contributed by atoms with Crippen LogP contribution in [0.4, 0.5) is 30.6 Å². The van der Waals surface area contributed by atoms with Gasteiger partial charge in [-0.25, -0.2) is 0 Å². The Morgan fingerprint density at radius 3 is 2.78 bits per heavy atom. The first-order chi connectivity index (χ1) is 15.1. The number of alkyl halides is 3. The largest absolute Gasteiger partial charge is 0.416 e. The molecule has 1 aromatic carbocycles. The lowest BCUT2D eigenvalue weighted by Gasteiger charge is -2.32. The number of benzene rings is 1. The molecule has 2 aliphatic rings. The van der Waals surface area contributed by atoms with E-state index in [-0.39, 0.29) is 23.5 Å². The van der Waals surface area contributed by atoms with Crippen molar-refractivity contribution in [3.05, 3.63) is 45.7 Å². The van der Waals surface area contributed by atoms with Crippen LogP contribution in [-0.2, 0) is 15.8 Å². The van der Waals surface area contributed by atoms with Gasteiger partial charge in [-0.3, -0.25) is 19.4 Å². The van der Waals surface area contributed by atoms with Crippen molar-refractivity contribution < 1.29 is 22.8 Å². The third-order valence-corrected chi connectivity index (χ3v) is 5.67. The van der Waals surface area contributed by atoms with Crippen molar-refractivity contribution in [2.24, 2.45) is 5.92 Å². The summed E-state index contributed by atoms with van der Waals surface area (Å²) >= 11 is 0. The first-order valence-corrected chi connectivity index (χ1v) is 10.3. The highest BCUT2D eigenvalue weighted by Crippen LogP contribution is 2.33. The van der Waals surface area contributed by atoms with Crippen LogP contribution < -0.4 is 21.1 Å². The number of fused-ring (bicyclic) bond motifs is 1. The molecule has 8 nitrogen and oxygen atoms in total. The number of hydrogen-bond donors (Lipinski definition) is 3. The Labute approximate surface area is 181 Å². The molecule has 1 saturated heterocycles. The summed E-state index contributed by atoms with van der Waals surface area (Å²) in [7, 11) is 0. The van der Waals surface area contributed by atoms with E-state index >= 15 is 0 Å². The minimum Gasteiger partial charge on any atom is -0.342 e. The Kier molecular flexibility index (Phi) is 5.66. The van der Waals surface area contributed by atoms with E-state index in [0.29, 0.717) is 25.0 Å². The summed E-state index contributed by atoms with van der Waals surface area (Å²) in [6.45, 7) is 3.51. The number of H-pyrrole nitrogens is 1. The normalized spacial score (nSPS) is 21.0. The maximum Gasteiger partial charge on any atom is 0.416 e. The summed E-state index contributed by atoms with van der Waals surface area (Å²) in [5.41, 5.74) is -1.58. The van der Waals surface area contributed by atoms with Crippen LogP contribution in [0.25, 0.3) is 0 Å². The minimum atomic E-state index is -4.57. The van der Waals surface area contributed by atoms with Crippen LogP contribution in [0, 0.1) is 5.92 Å². The van der Waals surface area contributed by atoms with Gasteiger partial charge in [0.1, 0.15) is 5.82 Å². The van der Waals surface area contributed by atoms with Gasteiger partial charge >= 0.3 is 6.18 Å². The highest BCUT2D eigenvalue weighted by Gasteiger charge is 2.36. The molecule has 2 amide bonds. The molecule has 1 aromatic heterocycles. The summed E-state index contributed by atoms with van der Waals surface area (Å²) < 4.78 is 38.9. The number of piperidine rings is 1. The quantitative estimate of drug-likeness (QED) is 0.668. The van der Waals surface area contributed by atoms with Crippen LogP contribution in [0.5, 0.6) is 0 Å². The van der Waals surface area contributed by atoms with E-state index in [1.807, 2.05) is 4.90 Å². The van der Waals surface area contributed by atoms with Gasteiger partial charge in [-0.05, 0) is 37.0 Å². The fourth-order valence-electron chi connectivity index (χ4n) is 4.12. The third kappa shape index (κ3) is 4.46. The van der Waals surface area contributed by atoms with E-state index < -0.39 is 35.0 Å². The first kappa shape index (κ1) is 21.8. The smallest absolute Gasteiger partial charge is 0.342 e. The summed E-state index contributed by atoms with van der Waals surface area (Å²) in [4.78, 5) is 46.9. The maximum atomic E-state index is 13.0. The topological polar surface area (TPSA) is 107 Å². The predicted molar refractivity (Wildman–Crippen MR) is 112 cm³/mol. The molecule has 0 aliphatic carbocycles. The number of carbonyl (C=O) groups excluding carboxylic acids is 2. The molecule has 32 heavy (non-hydrogen) atoms. The summed E-state index contributed by atoms with van der Waals surface area (Å²) in [6, 6.07) is 4.15. The summed E-state index contributed by atoms with van der Waals surface area (Å²) in [6.07, 6.45) is -2.87. The predicted octanol–water partition coefficient (Wildman–Crippen LogP) is 3.09. The van der Waals surface area contributed by atoms with E-state index in [0.717, 1.165) is 25.0 Å². The molecule has 3 heterocycles. The van der Waals surface area contributed by atoms with Gasteiger partial charge in [-0.2, -0.15) is 18.2 Å². The average molecular weight is 449 g/mol. The molecular formula is C21H22F3N5O3. The lowest BCUT2D eigenvalue weighted by molar-refractivity contribution is -0.137. The minimum absolute atomic E-state index is 0.00224. The molecule has 4 rings (SSSR count). The van der Waals surface area contributed by atoms with Crippen LogP contribution in [-0.4, -0.2) is 34.9 Å². The second-order valence-electron chi connectivity index (χ2n) is 8.22.